The molecule has 0 radical (unpaired) electrons. The van der Waals surface area contributed by atoms with Crippen LogP contribution in [-0.2, 0) is 0 Å². The van der Waals surface area contributed by atoms with Crippen LogP contribution in [0.25, 0.3) is 0 Å². The number of para-hydroxylation sites is 4. The first kappa shape index (κ1) is 27.0. The lowest BCUT2D eigenvalue weighted by atomic mass is 10.1. The molecule has 54 heavy (non-hydrogen) atoms. The molecule has 7 aromatic carbocycles. The standard InChI is InChI=1S/C44H24N2O6Si2/c1-53-39-23-11-7-15-29(39)49-35-38-44-36(37(43(35)53)51-31-19-17-27-33(41(31)53)45(23)21-9-3-5-13-25(21)47-27)50-30-16-8-12-24-40(30)54(44,2)42-32(52-38)20-18-28-34(42)46(24)22-10-4-6-14-26(22)48-28/h3-20H,1-2H3. The molecule has 0 bridgehead atoms. The van der Waals surface area contributed by atoms with Crippen LogP contribution in [0, 0.1) is 0 Å². The van der Waals surface area contributed by atoms with Gasteiger partial charge in [-0.15, -0.1) is 0 Å². The molecule has 0 spiro atoms. The van der Waals surface area contributed by atoms with Gasteiger partial charge < -0.3 is 38.2 Å². The van der Waals surface area contributed by atoms with Gasteiger partial charge in [0.25, 0.3) is 0 Å². The average Bonchev–Trinajstić information content (AvgIpc) is 3.19. The van der Waals surface area contributed by atoms with Gasteiger partial charge in [0.1, 0.15) is 23.0 Å². The van der Waals surface area contributed by atoms with E-state index in [1.165, 1.54) is 20.7 Å². The van der Waals surface area contributed by atoms with Crippen molar-refractivity contribution >= 4 is 81.4 Å². The number of hydrogen-bond acceptors (Lipinski definition) is 8. The fourth-order valence-corrected chi connectivity index (χ4v) is 20.3. The van der Waals surface area contributed by atoms with Gasteiger partial charge in [-0.3, -0.25) is 0 Å². The Morgan fingerprint density at radius 1 is 0.315 bits per heavy atom. The van der Waals surface area contributed by atoms with E-state index in [0.29, 0.717) is 0 Å². The maximum Gasteiger partial charge on any atom is 0.173 e. The van der Waals surface area contributed by atoms with Crippen molar-refractivity contribution in [1.29, 1.82) is 0 Å². The molecule has 8 aliphatic heterocycles. The Bertz CT molecular complexity index is 2870. The fourth-order valence-electron chi connectivity index (χ4n) is 11.0. The van der Waals surface area contributed by atoms with Crippen molar-refractivity contribution in [2.45, 2.75) is 13.1 Å². The van der Waals surface area contributed by atoms with Crippen molar-refractivity contribution in [3.05, 3.63) is 109 Å². The van der Waals surface area contributed by atoms with E-state index < -0.39 is 16.1 Å². The summed E-state index contributed by atoms with van der Waals surface area (Å²) >= 11 is 0. The topological polar surface area (TPSA) is 61.9 Å². The number of hydrogen-bond donors (Lipinski definition) is 0. The lowest BCUT2D eigenvalue weighted by molar-refractivity contribution is 0.394. The van der Waals surface area contributed by atoms with E-state index in [9.17, 15) is 0 Å². The SMILES string of the molecule is C[Si]12c3c4cccc3N3c5ccccc5Oc5ccc(c1c53)Oc1c3c5c(c(c12)O4)Oc1ccc2c4c1[Si]5(C)c1c(cccc1N4c1ccccc1O2)O3. The van der Waals surface area contributed by atoms with Crippen LogP contribution in [0.4, 0.5) is 34.1 Å². The number of rotatable bonds is 0. The molecule has 0 aliphatic carbocycles. The van der Waals surface area contributed by atoms with Crippen molar-refractivity contribution < 1.29 is 28.4 Å². The van der Waals surface area contributed by atoms with Gasteiger partial charge in [-0.25, -0.2) is 0 Å². The van der Waals surface area contributed by atoms with Crippen LogP contribution in [0.5, 0.6) is 69.0 Å². The third-order valence-electron chi connectivity index (χ3n) is 13.0. The van der Waals surface area contributed by atoms with Crippen LogP contribution in [0.3, 0.4) is 0 Å². The molecule has 2 atom stereocenters. The zero-order valence-electron chi connectivity index (χ0n) is 28.7. The highest BCUT2D eigenvalue weighted by Crippen LogP contribution is 2.62. The largest absolute Gasteiger partial charge is 0.453 e. The van der Waals surface area contributed by atoms with E-state index >= 15 is 0 Å². The van der Waals surface area contributed by atoms with E-state index in [2.05, 4.69) is 108 Å². The van der Waals surface area contributed by atoms with Crippen LogP contribution < -0.4 is 69.3 Å². The molecule has 15 rings (SSSR count). The molecule has 0 saturated carbocycles. The molecule has 2 unspecified atom stereocenters. The van der Waals surface area contributed by atoms with Gasteiger partial charge >= 0.3 is 0 Å². The summed E-state index contributed by atoms with van der Waals surface area (Å²) in [6, 6.07) is 37.6. The minimum atomic E-state index is -2.90. The Labute approximate surface area is 309 Å². The summed E-state index contributed by atoms with van der Waals surface area (Å²) < 4.78 is 42.2. The van der Waals surface area contributed by atoms with Crippen molar-refractivity contribution in [3.8, 4) is 69.0 Å². The predicted octanol–water partition coefficient (Wildman–Crippen LogP) is 8.09. The molecule has 0 aromatic heterocycles. The molecule has 0 N–H and O–H groups in total. The van der Waals surface area contributed by atoms with Gasteiger partial charge in [0.05, 0.1) is 34.1 Å². The summed E-state index contributed by atoms with van der Waals surface area (Å²) in [6.45, 7) is 4.88. The van der Waals surface area contributed by atoms with Crippen LogP contribution in [-0.4, -0.2) is 16.1 Å². The molecule has 10 heteroatoms. The monoisotopic (exact) mass is 732 g/mol. The minimum Gasteiger partial charge on any atom is -0.453 e. The molecular formula is C44H24N2O6Si2. The first-order valence-electron chi connectivity index (χ1n) is 18.3. The van der Waals surface area contributed by atoms with Gasteiger partial charge in [0.2, 0.25) is 0 Å². The molecule has 8 heterocycles. The minimum absolute atomic E-state index is 0.738. The summed E-state index contributed by atoms with van der Waals surface area (Å²) in [7, 11) is -5.79. The van der Waals surface area contributed by atoms with Crippen LogP contribution >= 0.6 is 0 Å². The van der Waals surface area contributed by atoms with Crippen LogP contribution in [0.1, 0.15) is 0 Å². The molecule has 0 amide bonds. The zero-order chi connectivity index (χ0) is 35.0. The summed E-state index contributed by atoms with van der Waals surface area (Å²) in [4.78, 5) is 4.69. The zero-order valence-corrected chi connectivity index (χ0v) is 30.7. The normalized spacial score (nSPS) is 21.0. The Morgan fingerprint density at radius 3 is 1.11 bits per heavy atom. The Balaban J connectivity index is 1.07. The number of ether oxygens (including phenoxy) is 6. The first-order chi connectivity index (χ1) is 26.5. The van der Waals surface area contributed by atoms with Gasteiger partial charge in [-0.2, -0.15) is 0 Å². The summed E-state index contributed by atoms with van der Waals surface area (Å²) in [6.07, 6.45) is 0. The molecule has 7 aromatic rings. The molecule has 254 valence electrons. The summed E-state index contributed by atoms with van der Waals surface area (Å²) in [5, 5.41) is 6.87. The second-order valence-electron chi connectivity index (χ2n) is 15.4. The van der Waals surface area contributed by atoms with Crippen LogP contribution in [0.2, 0.25) is 13.1 Å². The van der Waals surface area contributed by atoms with Crippen LogP contribution in [0.15, 0.2) is 109 Å². The van der Waals surface area contributed by atoms with Gasteiger partial charge in [-0.05, 0) is 72.8 Å². The summed E-state index contributed by atoms with van der Waals surface area (Å²) in [5.41, 5.74) is 6.29. The third kappa shape index (κ3) is 2.60. The van der Waals surface area contributed by atoms with E-state index in [-0.39, 0.29) is 0 Å². The Hall–Kier alpha value is -6.63. The lowest BCUT2D eigenvalue weighted by Gasteiger charge is -2.53. The number of anilines is 6. The van der Waals surface area contributed by atoms with E-state index in [4.69, 9.17) is 28.4 Å². The van der Waals surface area contributed by atoms with Crippen molar-refractivity contribution in [1.82, 2.24) is 0 Å². The average molecular weight is 733 g/mol. The third-order valence-corrected chi connectivity index (χ3v) is 21.8. The number of nitrogens with zero attached hydrogens (tertiary/aromatic N) is 2. The van der Waals surface area contributed by atoms with Crippen molar-refractivity contribution in [3.63, 3.8) is 0 Å². The molecular weight excluding hydrogens is 709 g/mol. The predicted molar refractivity (Wildman–Crippen MR) is 210 cm³/mol. The molecule has 8 nitrogen and oxygen atoms in total. The number of fused-ring (bicyclic) bond motifs is 8. The van der Waals surface area contributed by atoms with Crippen molar-refractivity contribution in [2.75, 3.05) is 9.80 Å². The summed E-state index contributed by atoms with van der Waals surface area (Å²) in [5.74, 6) is 9.60. The fraction of sp³-hybridized carbons (Fsp3) is 0.0455. The maximum atomic E-state index is 7.24. The highest BCUT2D eigenvalue weighted by molar-refractivity contribution is 7.16. The Kier molecular flexibility index (Phi) is 4.15. The van der Waals surface area contributed by atoms with E-state index in [1.807, 2.05) is 24.3 Å². The van der Waals surface area contributed by atoms with E-state index in [1.54, 1.807) is 0 Å². The number of benzene rings is 7. The second kappa shape index (κ2) is 8.28. The van der Waals surface area contributed by atoms with Gasteiger partial charge in [0, 0.05) is 31.1 Å². The maximum absolute atomic E-state index is 7.24. The quantitative estimate of drug-likeness (QED) is 0.145. The second-order valence-corrected chi connectivity index (χ2v) is 22.9. The molecule has 8 aliphatic rings. The van der Waals surface area contributed by atoms with E-state index in [0.717, 1.165) is 113 Å². The molecule has 0 fully saturated rings. The Morgan fingerprint density at radius 2 is 0.667 bits per heavy atom. The highest BCUT2D eigenvalue weighted by Gasteiger charge is 2.63. The lowest BCUT2D eigenvalue weighted by Crippen LogP contribution is -2.74. The van der Waals surface area contributed by atoms with Crippen molar-refractivity contribution in [2.24, 2.45) is 0 Å². The van der Waals surface area contributed by atoms with Gasteiger partial charge in [-0.1, -0.05) is 49.5 Å². The first-order valence-corrected chi connectivity index (χ1v) is 23.3. The molecule has 0 saturated heterocycles. The smallest absolute Gasteiger partial charge is 0.173 e. The highest BCUT2D eigenvalue weighted by atomic mass is 28.3. The van der Waals surface area contributed by atoms with Gasteiger partial charge in [0.15, 0.2) is 62.1 Å².